The molecule has 5 N–H and O–H groups in total. The molecule has 0 aliphatic carbocycles. The molecule has 0 bridgehead atoms. The Morgan fingerprint density at radius 2 is 2.06 bits per heavy atom. The number of aliphatic hydroxyl groups is 2. The topological polar surface area (TPSA) is 166 Å². The second kappa shape index (κ2) is 8.13. The maximum absolute atomic E-state index is 13.0. The number of carbonyl (C=O) groups is 1. The van der Waals surface area contributed by atoms with Crippen molar-refractivity contribution in [3.63, 3.8) is 0 Å². The van der Waals surface area contributed by atoms with Crippen LogP contribution in [0.2, 0.25) is 19.6 Å². The van der Waals surface area contributed by atoms with Crippen LogP contribution in [0.1, 0.15) is 16.6 Å². The highest BCUT2D eigenvalue weighted by atomic mass is 28.3. The number of nitrogens with two attached hydrogens (primary N) is 1. The number of benzene rings is 1. The highest BCUT2D eigenvalue weighted by Crippen LogP contribution is 2.33. The van der Waals surface area contributed by atoms with Crippen LogP contribution in [0.4, 0.5) is 5.95 Å². The van der Waals surface area contributed by atoms with E-state index in [-0.39, 0.29) is 17.1 Å². The van der Waals surface area contributed by atoms with Crippen LogP contribution < -0.4 is 16.5 Å². The molecule has 0 saturated carbocycles. The quantitative estimate of drug-likeness (QED) is 0.296. The molecule has 1 aliphatic rings. The summed E-state index contributed by atoms with van der Waals surface area (Å²) in [5.41, 5.74) is 5.63. The van der Waals surface area contributed by atoms with Crippen molar-refractivity contribution in [2.24, 2.45) is 0 Å². The zero-order valence-corrected chi connectivity index (χ0v) is 18.8. The van der Waals surface area contributed by atoms with Crippen molar-refractivity contribution in [1.82, 2.24) is 19.5 Å². The summed E-state index contributed by atoms with van der Waals surface area (Å²) < 4.78 is 12.7. The van der Waals surface area contributed by atoms with E-state index in [1.807, 2.05) is 12.1 Å². The van der Waals surface area contributed by atoms with Gasteiger partial charge in [-0.05, 0) is 11.3 Å². The van der Waals surface area contributed by atoms with E-state index in [0.717, 1.165) is 5.19 Å². The fraction of sp³-hybridized carbons (Fsp3) is 0.400. The van der Waals surface area contributed by atoms with Gasteiger partial charge in [-0.2, -0.15) is 4.98 Å². The van der Waals surface area contributed by atoms with Gasteiger partial charge in [0.15, 0.2) is 23.5 Å². The van der Waals surface area contributed by atoms with Gasteiger partial charge in [-0.15, -0.1) is 0 Å². The molecular weight excluding hydrogens is 434 g/mol. The third-order valence-electron chi connectivity index (χ3n) is 5.41. The van der Waals surface area contributed by atoms with Crippen molar-refractivity contribution in [2.75, 3.05) is 12.3 Å². The molecule has 12 heteroatoms. The van der Waals surface area contributed by atoms with Crippen molar-refractivity contribution in [1.29, 1.82) is 0 Å². The Balaban J connectivity index is 1.65. The van der Waals surface area contributed by atoms with Crippen molar-refractivity contribution in [2.45, 2.75) is 44.2 Å². The molecule has 3 heterocycles. The highest BCUT2D eigenvalue weighted by molar-refractivity contribution is 6.89. The molecule has 0 unspecified atom stereocenters. The Bertz CT molecular complexity index is 1220. The van der Waals surface area contributed by atoms with E-state index in [1.165, 1.54) is 10.9 Å². The molecule has 0 spiro atoms. The number of hydrogen-bond acceptors (Lipinski definition) is 9. The molecule has 170 valence electrons. The monoisotopic (exact) mass is 459 g/mol. The number of aromatic nitrogens is 4. The second-order valence-electron chi connectivity index (χ2n) is 8.68. The van der Waals surface area contributed by atoms with Crippen LogP contribution >= 0.6 is 0 Å². The normalized spacial score (nSPS) is 23.5. The lowest BCUT2D eigenvalue weighted by atomic mass is 10.1. The van der Waals surface area contributed by atoms with Gasteiger partial charge < -0.3 is 25.4 Å². The van der Waals surface area contributed by atoms with E-state index < -0.39 is 50.7 Å². The molecule has 11 nitrogen and oxygen atoms in total. The van der Waals surface area contributed by atoms with Gasteiger partial charge in [0.1, 0.15) is 12.2 Å². The second-order valence-corrected chi connectivity index (χ2v) is 13.7. The number of rotatable bonds is 5. The summed E-state index contributed by atoms with van der Waals surface area (Å²) >= 11 is 0. The number of nitrogens with zero attached hydrogens (tertiary/aromatic N) is 3. The van der Waals surface area contributed by atoms with Gasteiger partial charge in [0, 0.05) is 0 Å². The summed E-state index contributed by atoms with van der Waals surface area (Å²) in [6, 6.07) is 7.21. The minimum atomic E-state index is -1.85. The lowest BCUT2D eigenvalue weighted by Crippen LogP contribution is -2.43. The highest BCUT2D eigenvalue weighted by Gasteiger charge is 2.47. The maximum Gasteiger partial charge on any atom is 0.338 e. The minimum absolute atomic E-state index is 0.0139. The van der Waals surface area contributed by atoms with E-state index in [9.17, 15) is 19.8 Å². The number of aromatic amines is 1. The lowest BCUT2D eigenvalue weighted by Gasteiger charge is -2.23. The molecule has 1 fully saturated rings. The number of nitrogens with one attached hydrogen (secondary N) is 1. The number of carbonyl (C=O) groups excluding carboxylic acids is 1. The number of anilines is 1. The third kappa shape index (κ3) is 3.81. The van der Waals surface area contributed by atoms with Crippen LogP contribution in [0.25, 0.3) is 11.2 Å². The summed E-state index contributed by atoms with van der Waals surface area (Å²) in [4.78, 5) is 35.5. The first-order chi connectivity index (χ1) is 15.1. The fourth-order valence-corrected chi connectivity index (χ4v) is 5.46. The number of H-pyrrole nitrogens is 1. The van der Waals surface area contributed by atoms with Crippen molar-refractivity contribution in [3.05, 3.63) is 46.5 Å². The van der Waals surface area contributed by atoms with Gasteiger partial charge in [-0.25, -0.2) is 9.78 Å². The number of aliphatic hydroxyl groups excluding tert-OH is 2. The first-order valence-corrected chi connectivity index (χ1v) is 13.6. The summed E-state index contributed by atoms with van der Waals surface area (Å²) in [5.74, 6) is -0.731. The summed E-state index contributed by atoms with van der Waals surface area (Å²) in [5, 5.41) is 21.7. The third-order valence-corrected chi connectivity index (χ3v) is 7.46. The van der Waals surface area contributed by atoms with E-state index in [1.54, 1.807) is 12.1 Å². The largest absolute Gasteiger partial charge is 0.453 e. The van der Waals surface area contributed by atoms with E-state index in [2.05, 4.69) is 34.6 Å². The number of ether oxygens (including phenoxy) is 2. The molecule has 1 saturated heterocycles. The van der Waals surface area contributed by atoms with Gasteiger partial charge in [0.2, 0.25) is 5.95 Å². The smallest absolute Gasteiger partial charge is 0.338 e. The molecule has 4 atom stereocenters. The van der Waals surface area contributed by atoms with E-state index in [0.29, 0.717) is 5.56 Å². The molecule has 32 heavy (non-hydrogen) atoms. The summed E-state index contributed by atoms with van der Waals surface area (Å²) in [6.45, 7) is 5.85. The Hall–Kier alpha value is -3.06. The van der Waals surface area contributed by atoms with Crippen LogP contribution in [0.3, 0.4) is 0 Å². The van der Waals surface area contributed by atoms with Crippen molar-refractivity contribution >= 4 is 36.3 Å². The molecule has 3 aromatic rings. The molecule has 1 aromatic carbocycles. The number of nitrogen functional groups attached to an aromatic ring is 1. The Kier molecular flexibility index (Phi) is 5.62. The zero-order valence-electron chi connectivity index (χ0n) is 17.8. The van der Waals surface area contributed by atoms with Crippen molar-refractivity contribution < 1.29 is 24.5 Å². The van der Waals surface area contributed by atoms with Crippen LogP contribution in [0, 0.1) is 0 Å². The van der Waals surface area contributed by atoms with Crippen LogP contribution in [-0.4, -0.2) is 68.7 Å². The van der Waals surface area contributed by atoms with Gasteiger partial charge in [0.25, 0.3) is 5.56 Å². The van der Waals surface area contributed by atoms with Crippen molar-refractivity contribution in [3.8, 4) is 0 Å². The molecular formula is C20H25N5O6Si. The molecule has 2 aromatic heterocycles. The summed E-state index contributed by atoms with van der Waals surface area (Å²) in [7, 11) is -1.85. The first-order valence-electron chi connectivity index (χ1n) is 10.1. The van der Waals surface area contributed by atoms with E-state index in [4.69, 9.17) is 15.2 Å². The Labute approximate surface area is 183 Å². The average molecular weight is 460 g/mol. The predicted octanol–water partition coefficient (Wildman–Crippen LogP) is -0.277. The molecule has 1 aliphatic heterocycles. The maximum atomic E-state index is 13.0. The first kappa shape index (κ1) is 22.1. The van der Waals surface area contributed by atoms with Crippen LogP contribution in [-0.2, 0) is 9.47 Å². The minimum Gasteiger partial charge on any atom is -0.453 e. The molecule has 0 amide bonds. The van der Waals surface area contributed by atoms with Gasteiger partial charge >= 0.3 is 5.97 Å². The Morgan fingerprint density at radius 1 is 1.34 bits per heavy atom. The fourth-order valence-electron chi connectivity index (χ4n) is 3.87. The standard InChI is InChI=1S/C20H25N5O6Si/c1-32(2,3)12-7-5-4-6-10(12)19(29)31-15-11(8-26)30-18(14(15)27)25-9-22-13-16(25)23-20(21)24-17(13)28/h4-7,9,11,14-15,18,26-27H,8H2,1-3H3,(H3,21,23,24,28)/t11-,14-,15-,18-/m1/s1. The van der Waals surface area contributed by atoms with Gasteiger partial charge in [-0.3, -0.25) is 14.3 Å². The molecule has 4 rings (SSSR count). The average Bonchev–Trinajstić information content (AvgIpc) is 3.28. The predicted molar refractivity (Wildman–Crippen MR) is 118 cm³/mol. The van der Waals surface area contributed by atoms with E-state index >= 15 is 0 Å². The SMILES string of the molecule is C[Si](C)(C)c1ccccc1C(=O)O[C@H]1[C@@H](O)[C@H](n2cnc3c(=O)[nH]c(N)nc32)O[C@@H]1CO. The number of fused-ring (bicyclic) bond motifs is 1. The van der Waals surface area contributed by atoms with Gasteiger partial charge in [-0.1, -0.05) is 37.8 Å². The number of esters is 1. The summed E-state index contributed by atoms with van der Waals surface area (Å²) in [6.07, 6.45) is -3.32. The van der Waals surface area contributed by atoms with Crippen LogP contribution in [0.5, 0.6) is 0 Å². The zero-order chi connectivity index (χ0) is 23.2. The molecule has 0 radical (unpaired) electrons. The lowest BCUT2D eigenvalue weighted by molar-refractivity contribution is -0.0529. The number of imidazole rings is 1. The van der Waals surface area contributed by atoms with Crippen LogP contribution in [0.15, 0.2) is 35.4 Å². The number of hydrogen-bond donors (Lipinski definition) is 4. The Morgan fingerprint density at radius 3 is 2.75 bits per heavy atom. The van der Waals surface area contributed by atoms with Gasteiger partial charge in [0.05, 0.1) is 26.6 Å².